The van der Waals surface area contributed by atoms with E-state index in [-0.39, 0.29) is 33.1 Å². The Hall–Kier alpha value is -4.08. The van der Waals surface area contributed by atoms with Gasteiger partial charge >= 0.3 is 5.97 Å². The molecule has 11 heteroatoms. The lowest BCUT2D eigenvalue weighted by Crippen LogP contribution is -2.30. The van der Waals surface area contributed by atoms with Crippen LogP contribution in [0.1, 0.15) is 31.1 Å². The van der Waals surface area contributed by atoms with Gasteiger partial charge in [-0.15, -0.1) is 0 Å². The minimum Gasteiger partial charge on any atom is -0.496 e. The molecule has 3 aromatic rings. The molecule has 0 bridgehead atoms. The van der Waals surface area contributed by atoms with Crippen molar-refractivity contribution in [1.29, 1.82) is 0 Å². The molecule has 1 aliphatic rings. The third kappa shape index (κ3) is 4.71. The predicted molar refractivity (Wildman–Crippen MR) is 133 cm³/mol. The number of rotatable bonds is 7. The fourth-order valence-corrected chi connectivity index (χ4v) is 4.04. The third-order valence-corrected chi connectivity index (χ3v) is 5.83. The number of imide groups is 1. The Morgan fingerprint density at radius 2 is 1.53 bits per heavy atom. The highest BCUT2D eigenvalue weighted by atomic mass is 35.5. The zero-order valence-corrected chi connectivity index (χ0v) is 20.5. The molecule has 1 heterocycles. The third-order valence-electron chi connectivity index (χ3n) is 5.29. The summed E-state index contributed by atoms with van der Waals surface area (Å²) in [6.07, 6.45) is 0. The van der Waals surface area contributed by atoms with Crippen molar-refractivity contribution in [3.63, 3.8) is 0 Å². The van der Waals surface area contributed by atoms with Gasteiger partial charge in [-0.25, -0.2) is 9.69 Å². The zero-order valence-electron chi connectivity index (χ0n) is 19.0. The Morgan fingerprint density at radius 1 is 0.889 bits per heavy atom. The molecule has 1 N–H and O–H groups in total. The van der Waals surface area contributed by atoms with Gasteiger partial charge in [0.1, 0.15) is 17.1 Å². The maximum Gasteiger partial charge on any atom is 0.342 e. The summed E-state index contributed by atoms with van der Waals surface area (Å²) in [6.45, 7) is -0.630. The van der Waals surface area contributed by atoms with Crippen LogP contribution in [0.2, 0.25) is 10.0 Å². The van der Waals surface area contributed by atoms with Crippen LogP contribution < -0.4 is 19.7 Å². The first-order chi connectivity index (χ1) is 17.2. The predicted octanol–water partition coefficient (Wildman–Crippen LogP) is 4.61. The minimum absolute atomic E-state index is 0.00660. The van der Waals surface area contributed by atoms with E-state index in [0.717, 1.165) is 4.90 Å². The number of methoxy groups -OCH3 is 2. The molecule has 0 saturated heterocycles. The number of benzene rings is 3. The molecule has 0 aliphatic carbocycles. The van der Waals surface area contributed by atoms with Crippen molar-refractivity contribution in [2.75, 3.05) is 31.0 Å². The van der Waals surface area contributed by atoms with E-state index < -0.39 is 30.3 Å². The monoisotopic (exact) mass is 528 g/mol. The molecule has 36 heavy (non-hydrogen) atoms. The van der Waals surface area contributed by atoms with Crippen LogP contribution in [0.5, 0.6) is 11.5 Å². The van der Waals surface area contributed by atoms with Gasteiger partial charge in [0.15, 0.2) is 6.61 Å². The fourth-order valence-electron chi connectivity index (χ4n) is 3.62. The van der Waals surface area contributed by atoms with Gasteiger partial charge in [0.05, 0.1) is 41.7 Å². The number of ether oxygens (including phenoxy) is 3. The van der Waals surface area contributed by atoms with Crippen molar-refractivity contribution in [2.24, 2.45) is 0 Å². The Balaban J connectivity index is 1.51. The van der Waals surface area contributed by atoms with Gasteiger partial charge in [0, 0.05) is 11.1 Å². The van der Waals surface area contributed by atoms with E-state index in [1.165, 1.54) is 44.6 Å². The lowest BCUT2D eigenvalue weighted by atomic mass is 10.1. The number of nitrogens with one attached hydrogen (secondary N) is 1. The summed E-state index contributed by atoms with van der Waals surface area (Å²) in [5.74, 6) is -2.29. The highest BCUT2D eigenvalue weighted by Gasteiger charge is 2.38. The van der Waals surface area contributed by atoms with Gasteiger partial charge in [-0.1, -0.05) is 35.3 Å². The number of nitrogens with zero attached hydrogens (tertiary/aromatic N) is 1. The van der Waals surface area contributed by atoms with Crippen molar-refractivity contribution >= 4 is 58.3 Å². The molecule has 1 aliphatic heterocycles. The van der Waals surface area contributed by atoms with Gasteiger partial charge < -0.3 is 19.5 Å². The Kier molecular flexibility index (Phi) is 7.14. The molecule has 3 amide bonds. The van der Waals surface area contributed by atoms with Crippen molar-refractivity contribution in [3.05, 3.63) is 81.3 Å². The molecule has 0 radical (unpaired) electrons. The molecule has 184 valence electrons. The van der Waals surface area contributed by atoms with Crippen molar-refractivity contribution < 1.29 is 33.4 Å². The largest absolute Gasteiger partial charge is 0.496 e. The normalized spacial score (nSPS) is 12.3. The Morgan fingerprint density at radius 3 is 2.14 bits per heavy atom. The van der Waals surface area contributed by atoms with E-state index in [1.807, 2.05) is 0 Å². The number of carbonyl (C=O) groups excluding carboxylic acids is 4. The van der Waals surface area contributed by atoms with Crippen molar-refractivity contribution in [2.45, 2.75) is 0 Å². The number of amides is 3. The van der Waals surface area contributed by atoms with E-state index in [2.05, 4.69) is 5.32 Å². The summed E-state index contributed by atoms with van der Waals surface area (Å²) < 4.78 is 15.5. The van der Waals surface area contributed by atoms with Crippen LogP contribution >= 0.6 is 23.2 Å². The van der Waals surface area contributed by atoms with Crippen LogP contribution in [0.4, 0.5) is 11.4 Å². The summed E-state index contributed by atoms with van der Waals surface area (Å²) in [4.78, 5) is 51.6. The summed E-state index contributed by atoms with van der Waals surface area (Å²) in [7, 11) is 2.73. The first-order valence-corrected chi connectivity index (χ1v) is 11.2. The average molecular weight is 529 g/mol. The molecular formula is C25H18Cl2N2O7. The number of fused-ring (bicyclic) bond motifs is 1. The topological polar surface area (TPSA) is 111 Å². The Bertz CT molecular complexity index is 1370. The molecule has 9 nitrogen and oxygen atoms in total. The van der Waals surface area contributed by atoms with Crippen LogP contribution in [0.15, 0.2) is 54.6 Å². The highest BCUT2D eigenvalue weighted by molar-refractivity contribution is 6.40. The van der Waals surface area contributed by atoms with E-state index in [1.54, 1.807) is 24.3 Å². The highest BCUT2D eigenvalue weighted by Crippen LogP contribution is 2.38. The summed E-state index contributed by atoms with van der Waals surface area (Å²) in [6, 6.07) is 13.5. The zero-order chi connectivity index (χ0) is 26.0. The lowest BCUT2D eigenvalue weighted by Gasteiger charge is -2.18. The molecule has 4 rings (SSSR count). The summed E-state index contributed by atoms with van der Waals surface area (Å²) in [5.41, 5.74) is 0.724. The molecular weight excluding hydrogens is 511 g/mol. The second-order valence-electron chi connectivity index (χ2n) is 7.46. The Labute approximate surface area is 215 Å². The maximum atomic E-state index is 12.8. The molecule has 0 atom stereocenters. The SMILES string of the molecule is COc1ccc(Cl)cc1NC(=O)COC(=O)c1cc(Cl)c(N2C(=O)c3ccccc3C2=O)cc1OC. The number of hydrogen-bond donors (Lipinski definition) is 1. The van der Waals surface area contributed by atoms with Gasteiger partial charge in [-0.2, -0.15) is 0 Å². The molecule has 0 fully saturated rings. The first-order valence-electron chi connectivity index (χ1n) is 10.4. The van der Waals surface area contributed by atoms with Crippen molar-refractivity contribution in [1.82, 2.24) is 0 Å². The van der Waals surface area contributed by atoms with E-state index in [0.29, 0.717) is 16.5 Å². The maximum absolute atomic E-state index is 12.8. The molecule has 0 saturated carbocycles. The van der Waals surface area contributed by atoms with Gasteiger partial charge in [-0.05, 0) is 36.4 Å². The molecule has 0 unspecified atom stereocenters. The quantitative estimate of drug-likeness (QED) is 0.352. The summed E-state index contributed by atoms with van der Waals surface area (Å²) >= 11 is 12.3. The fraction of sp³-hybridized carbons (Fsp3) is 0.120. The van der Waals surface area contributed by atoms with Crippen LogP contribution in [0, 0.1) is 0 Å². The molecule has 0 aromatic heterocycles. The van der Waals surface area contributed by atoms with Crippen molar-refractivity contribution in [3.8, 4) is 11.5 Å². The van der Waals surface area contributed by atoms with E-state index >= 15 is 0 Å². The minimum atomic E-state index is -0.907. The first kappa shape index (κ1) is 25.0. The summed E-state index contributed by atoms with van der Waals surface area (Å²) in [5, 5.41) is 2.86. The van der Waals surface area contributed by atoms with E-state index in [9.17, 15) is 19.2 Å². The number of esters is 1. The number of hydrogen-bond acceptors (Lipinski definition) is 7. The standard InChI is InChI=1S/C25H18Cl2N2O7/c1-34-20-8-7-13(26)9-18(20)28-22(30)12-36-25(33)16-10-17(27)19(11-21(16)35-2)29-23(31)14-5-3-4-6-15(14)24(29)32/h3-11H,12H2,1-2H3,(H,28,30). The van der Waals surface area contributed by atoms with Crippen LogP contribution in [0.25, 0.3) is 0 Å². The van der Waals surface area contributed by atoms with Gasteiger partial charge in [0.2, 0.25) is 0 Å². The second kappa shape index (κ2) is 10.3. The van der Waals surface area contributed by atoms with Gasteiger partial charge in [-0.3, -0.25) is 14.4 Å². The lowest BCUT2D eigenvalue weighted by molar-refractivity contribution is -0.119. The molecule has 3 aromatic carbocycles. The molecule has 0 spiro atoms. The number of halogens is 2. The second-order valence-corrected chi connectivity index (χ2v) is 8.31. The van der Waals surface area contributed by atoms with Crippen LogP contribution in [0.3, 0.4) is 0 Å². The van der Waals surface area contributed by atoms with Crippen LogP contribution in [-0.2, 0) is 9.53 Å². The van der Waals surface area contributed by atoms with E-state index in [4.69, 9.17) is 37.4 Å². The number of carbonyl (C=O) groups is 4. The average Bonchev–Trinajstić information content (AvgIpc) is 3.12. The van der Waals surface area contributed by atoms with Crippen LogP contribution in [-0.4, -0.2) is 44.5 Å². The number of anilines is 2. The smallest absolute Gasteiger partial charge is 0.342 e. The van der Waals surface area contributed by atoms with Gasteiger partial charge in [0.25, 0.3) is 17.7 Å².